The lowest BCUT2D eigenvalue weighted by molar-refractivity contribution is -0.122. The van der Waals surface area contributed by atoms with Gasteiger partial charge in [0.1, 0.15) is 5.75 Å². The van der Waals surface area contributed by atoms with Crippen LogP contribution >= 0.6 is 0 Å². The maximum Gasteiger partial charge on any atom is 0.236 e. The zero-order valence-corrected chi connectivity index (χ0v) is 12.7. The smallest absolute Gasteiger partial charge is 0.236 e. The lowest BCUT2D eigenvalue weighted by Gasteiger charge is -2.14. The van der Waals surface area contributed by atoms with Gasteiger partial charge in [0.2, 0.25) is 5.91 Å². The molecule has 1 amide bonds. The number of hydrogen-bond donors (Lipinski definition) is 2. The van der Waals surface area contributed by atoms with Crippen LogP contribution in [0.3, 0.4) is 0 Å². The molecule has 1 aromatic carbocycles. The van der Waals surface area contributed by atoms with Gasteiger partial charge in [-0.3, -0.25) is 4.79 Å². The Bertz CT molecular complexity index is 401. The summed E-state index contributed by atoms with van der Waals surface area (Å²) in [6.45, 7) is 4.80. The quantitative estimate of drug-likeness (QED) is 0.716. The molecule has 3 N–H and O–H groups in total. The van der Waals surface area contributed by atoms with Crippen molar-refractivity contribution in [2.45, 2.75) is 39.2 Å². The minimum atomic E-state index is -0.393. The van der Waals surface area contributed by atoms with E-state index in [0.29, 0.717) is 12.5 Å². The summed E-state index contributed by atoms with van der Waals surface area (Å²) >= 11 is 0. The van der Waals surface area contributed by atoms with Gasteiger partial charge < -0.3 is 15.8 Å². The van der Waals surface area contributed by atoms with Gasteiger partial charge in [-0.1, -0.05) is 26.0 Å². The van der Waals surface area contributed by atoms with Crippen LogP contribution in [0.2, 0.25) is 0 Å². The minimum absolute atomic E-state index is 0.0477. The van der Waals surface area contributed by atoms with E-state index in [1.165, 1.54) is 5.56 Å². The lowest BCUT2D eigenvalue weighted by atomic mass is 10.0. The average Bonchev–Trinajstić information content (AvgIpc) is 2.43. The first-order valence-electron chi connectivity index (χ1n) is 7.19. The zero-order chi connectivity index (χ0) is 15.0. The van der Waals surface area contributed by atoms with Crippen molar-refractivity contribution in [1.82, 2.24) is 5.32 Å². The standard InChI is InChI=1S/C16H26N2O2/c1-12(2)11-15(17)16(19)18-10-4-5-13-6-8-14(20-3)9-7-13/h6-9,12,15H,4-5,10-11,17H2,1-3H3,(H,18,19)/t15-/m0/s1. The summed E-state index contributed by atoms with van der Waals surface area (Å²) in [5, 5.41) is 2.89. The summed E-state index contributed by atoms with van der Waals surface area (Å²) in [5.74, 6) is 1.25. The Hall–Kier alpha value is -1.55. The summed E-state index contributed by atoms with van der Waals surface area (Å²) in [6.07, 6.45) is 2.57. The third-order valence-corrected chi connectivity index (χ3v) is 3.16. The van der Waals surface area contributed by atoms with Crippen molar-refractivity contribution >= 4 is 5.91 Å². The van der Waals surface area contributed by atoms with Crippen molar-refractivity contribution in [1.29, 1.82) is 0 Å². The number of methoxy groups -OCH3 is 1. The maximum absolute atomic E-state index is 11.7. The van der Waals surface area contributed by atoms with Crippen molar-refractivity contribution in [2.24, 2.45) is 11.7 Å². The molecule has 1 rings (SSSR count). The first-order valence-corrected chi connectivity index (χ1v) is 7.19. The number of nitrogens with one attached hydrogen (secondary N) is 1. The summed E-state index contributed by atoms with van der Waals surface area (Å²) in [6, 6.07) is 7.60. The maximum atomic E-state index is 11.7. The van der Waals surface area contributed by atoms with Crippen molar-refractivity contribution in [3.8, 4) is 5.75 Å². The van der Waals surface area contributed by atoms with E-state index in [1.807, 2.05) is 24.3 Å². The van der Waals surface area contributed by atoms with Gasteiger partial charge in [-0.25, -0.2) is 0 Å². The van der Waals surface area contributed by atoms with E-state index in [4.69, 9.17) is 10.5 Å². The van der Waals surface area contributed by atoms with Crippen LogP contribution < -0.4 is 15.8 Å². The Morgan fingerprint density at radius 1 is 1.30 bits per heavy atom. The van der Waals surface area contributed by atoms with E-state index in [2.05, 4.69) is 19.2 Å². The lowest BCUT2D eigenvalue weighted by Crippen LogP contribution is -2.41. The summed E-state index contributed by atoms with van der Waals surface area (Å²) in [4.78, 5) is 11.7. The Morgan fingerprint density at radius 3 is 2.50 bits per heavy atom. The monoisotopic (exact) mass is 278 g/mol. The second kappa shape index (κ2) is 8.59. The van der Waals surface area contributed by atoms with E-state index in [9.17, 15) is 4.79 Å². The van der Waals surface area contributed by atoms with Gasteiger partial charge in [0.15, 0.2) is 0 Å². The second-order valence-corrected chi connectivity index (χ2v) is 5.48. The molecule has 0 unspecified atom stereocenters. The molecule has 0 heterocycles. The van der Waals surface area contributed by atoms with Gasteiger partial charge in [-0.15, -0.1) is 0 Å². The fourth-order valence-corrected chi connectivity index (χ4v) is 2.04. The number of rotatable bonds is 8. The largest absolute Gasteiger partial charge is 0.497 e. The predicted octanol–water partition coefficient (Wildman–Crippen LogP) is 2.12. The number of hydrogen-bond acceptors (Lipinski definition) is 3. The Kier molecular flexibility index (Phi) is 7.09. The molecule has 0 bridgehead atoms. The van der Waals surface area contributed by atoms with Gasteiger partial charge in [0.25, 0.3) is 0 Å². The molecule has 0 fully saturated rings. The fourth-order valence-electron chi connectivity index (χ4n) is 2.04. The molecule has 0 saturated carbocycles. The van der Waals surface area contributed by atoms with Gasteiger partial charge in [0.05, 0.1) is 13.2 Å². The molecule has 0 aliphatic carbocycles. The molecule has 0 aliphatic rings. The molecule has 20 heavy (non-hydrogen) atoms. The predicted molar refractivity (Wildman–Crippen MR) is 81.8 cm³/mol. The van der Waals surface area contributed by atoms with Crippen LogP contribution in [0.5, 0.6) is 5.75 Å². The van der Waals surface area contributed by atoms with Gasteiger partial charge >= 0.3 is 0 Å². The number of aryl methyl sites for hydroxylation is 1. The topological polar surface area (TPSA) is 64.3 Å². The molecule has 1 atom stereocenters. The highest BCUT2D eigenvalue weighted by Crippen LogP contribution is 2.12. The molecule has 0 aromatic heterocycles. The second-order valence-electron chi connectivity index (χ2n) is 5.48. The van der Waals surface area contributed by atoms with Crippen LogP contribution in [0, 0.1) is 5.92 Å². The molecule has 0 saturated heterocycles. The number of carbonyl (C=O) groups is 1. The van der Waals surface area contributed by atoms with Crippen LogP contribution in [-0.2, 0) is 11.2 Å². The SMILES string of the molecule is COc1ccc(CCCNC(=O)[C@@H](N)CC(C)C)cc1. The number of nitrogens with two attached hydrogens (primary N) is 1. The van der Waals surface area contributed by atoms with Crippen LogP contribution in [0.4, 0.5) is 0 Å². The summed E-state index contributed by atoms with van der Waals surface area (Å²) in [7, 11) is 1.66. The molecular weight excluding hydrogens is 252 g/mol. The third kappa shape index (κ3) is 6.06. The number of benzene rings is 1. The molecule has 1 aromatic rings. The fraction of sp³-hybridized carbons (Fsp3) is 0.562. The summed E-state index contributed by atoms with van der Waals surface area (Å²) in [5.41, 5.74) is 7.06. The van der Waals surface area contributed by atoms with Crippen LogP contribution in [0.25, 0.3) is 0 Å². The molecule has 4 nitrogen and oxygen atoms in total. The molecule has 0 aliphatic heterocycles. The van der Waals surface area contributed by atoms with E-state index in [1.54, 1.807) is 7.11 Å². The number of amides is 1. The van der Waals surface area contributed by atoms with Crippen molar-refractivity contribution < 1.29 is 9.53 Å². The molecule has 112 valence electrons. The average molecular weight is 278 g/mol. The third-order valence-electron chi connectivity index (χ3n) is 3.16. The molecule has 0 radical (unpaired) electrons. The van der Waals surface area contributed by atoms with E-state index < -0.39 is 6.04 Å². The highest BCUT2D eigenvalue weighted by molar-refractivity contribution is 5.81. The Morgan fingerprint density at radius 2 is 1.95 bits per heavy atom. The van der Waals surface area contributed by atoms with Gasteiger partial charge in [0, 0.05) is 6.54 Å². The van der Waals surface area contributed by atoms with E-state index >= 15 is 0 Å². The van der Waals surface area contributed by atoms with Crippen LogP contribution in [-0.4, -0.2) is 25.6 Å². The highest BCUT2D eigenvalue weighted by atomic mass is 16.5. The van der Waals surface area contributed by atoms with Gasteiger partial charge in [-0.05, 0) is 42.9 Å². The van der Waals surface area contributed by atoms with E-state index in [-0.39, 0.29) is 5.91 Å². The van der Waals surface area contributed by atoms with Crippen molar-refractivity contribution in [2.75, 3.05) is 13.7 Å². The first kappa shape index (κ1) is 16.5. The highest BCUT2D eigenvalue weighted by Gasteiger charge is 2.13. The normalized spacial score (nSPS) is 12.2. The Labute approximate surface area is 121 Å². The minimum Gasteiger partial charge on any atom is -0.497 e. The Balaban J connectivity index is 2.22. The molecular formula is C16H26N2O2. The van der Waals surface area contributed by atoms with Crippen molar-refractivity contribution in [3.05, 3.63) is 29.8 Å². The zero-order valence-electron chi connectivity index (χ0n) is 12.7. The van der Waals surface area contributed by atoms with Crippen molar-refractivity contribution in [3.63, 3.8) is 0 Å². The van der Waals surface area contributed by atoms with Crippen LogP contribution in [0.15, 0.2) is 24.3 Å². The summed E-state index contributed by atoms with van der Waals surface area (Å²) < 4.78 is 5.11. The number of ether oxygens (including phenoxy) is 1. The van der Waals surface area contributed by atoms with Crippen LogP contribution in [0.1, 0.15) is 32.3 Å². The molecule has 0 spiro atoms. The first-order chi connectivity index (χ1) is 9.52. The number of carbonyl (C=O) groups excluding carboxylic acids is 1. The van der Waals surface area contributed by atoms with E-state index in [0.717, 1.165) is 25.0 Å². The molecule has 4 heteroatoms. The van der Waals surface area contributed by atoms with Gasteiger partial charge in [-0.2, -0.15) is 0 Å².